The minimum atomic E-state index is -2.65. The first-order valence-electron chi connectivity index (χ1n) is 15.6. The molecule has 3 aliphatic rings. The summed E-state index contributed by atoms with van der Waals surface area (Å²) in [7, 11) is -2.65. The van der Waals surface area contributed by atoms with Gasteiger partial charge in [-0.05, 0) is 79.2 Å². The molecule has 3 aromatic carbocycles. The van der Waals surface area contributed by atoms with Crippen molar-refractivity contribution in [3.8, 4) is 5.75 Å². The molecule has 3 aliphatic heterocycles. The van der Waals surface area contributed by atoms with Crippen molar-refractivity contribution in [1.82, 2.24) is 4.90 Å². The van der Waals surface area contributed by atoms with E-state index >= 15 is 0 Å². The Morgan fingerprint density at radius 3 is 2.41 bits per heavy atom. The Kier molecular flexibility index (Phi) is 8.65. The number of anilines is 2. The number of hydrogen-bond acceptors (Lipinski definition) is 6. The maximum Gasteiger partial charge on any atom is 0.269 e. The molecule has 0 spiro atoms. The molecule has 8 nitrogen and oxygen atoms in total. The maximum atomic E-state index is 13.7. The molecular formula is C35H42N2O6Si. The fourth-order valence-corrected chi connectivity index (χ4v) is 10.1. The zero-order chi connectivity index (χ0) is 31.0. The van der Waals surface area contributed by atoms with E-state index < -0.39 is 8.32 Å². The van der Waals surface area contributed by atoms with Crippen molar-refractivity contribution in [2.24, 2.45) is 5.92 Å². The van der Waals surface area contributed by atoms with E-state index in [1.54, 1.807) is 9.80 Å². The van der Waals surface area contributed by atoms with Crippen molar-refractivity contribution in [3.63, 3.8) is 0 Å². The van der Waals surface area contributed by atoms with Crippen LogP contribution < -0.4 is 9.64 Å². The molecule has 0 aliphatic carbocycles. The van der Waals surface area contributed by atoms with Crippen LogP contribution in [0, 0.1) is 5.92 Å². The summed E-state index contributed by atoms with van der Waals surface area (Å²) in [6.07, 6.45) is 1.93. The Bertz CT molecular complexity index is 1510. The smallest absolute Gasteiger partial charge is 0.269 e. The quantitative estimate of drug-likeness (QED) is 0.347. The molecule has 6 rings (SSSR count). The fraction of sp³-hybridized carbons (Fsp3) is 0.429. The van der Waals surface area contributed by atoms with Crippen LogP contribution in [0.3, 0.4) is 0 Å². The molecule has 2 N–H and O–H groups in total. The number of para-hydroxylation sites is 2. The second-order valence-corrected chi connectivity index (χ2v) is 17.0. The van der Waals surface area contributed by atoms with Crippen molar-refractivity contribution >= 4 is 31.5 Å². The number of aliphatic hydroxyl groups is 1. The van der Waals surface area contributed by atoms with Crippen LogP contribution >= 0.6 is 0 Å². The topological polar surface area (TPSA) is 99.5 Å². The van der Waals surface area contributed by atoms with Crippen LogP contribution in [-0.4, -0.2) is 66.4 Å². The van der Waals surface area contributed by atoms with Crippen LogP contribution in [0.1, 0.15) is 36.5 Å². The maximum absolute atomic E-state index is 13.7. The molecule has 3 heterocycles. The first kappa shape index (κ1) is 30.5. The Labute approximate surface area is 260 Å². The van der Waals surface area contributed by atoms with Gasteiger partial charge >= 0.3 is 0 Å². The van der Waals surface area contributed by atoms with Gasteiger partial charge in [0.05, 0.1) is 37.0 Å². The van der Waals surface area contributed by atoms with E-state index in [-0.39, 0.29) is 61.2 Å². The monoisotopic (exact) mass is 614 g/mol. The van der Waals surface area contributed by atoms with Gasteiger partial charge in [-0.3, -0.25) is 14.5 Å². The lowest BCUT2D eigenvalue weighted by Crippen LogP contribution is -2.48. The van der Waals surface area contributed by atoms with Crippen LogP contribution in [-0.2, 0) is 33.7 Å². The first-order valence-corrected chi connectivity index (χ1v) is 18.6. The Morgan fingerprint density at radius 1 is 0.977 bits per heavy atom. The van der Waals surface area contributed by atoms with Crippen molar-refractivity contribution < 1.29 is 29.0 Å². The average Bonchev–Trinajstić information content (AvgIpc) is 3.34. The largest absolute Gasteiger partial charge is 0.482 e. The summed E-state index contributed by atoms with van der Waals surface area (Å²) in [6.45, 7) is 6.43. The Morgan fingerprint density at radius 2 is 1.68 bits per heavy atom. The lowest BCUT2D eigenvalue weighted by molar-refractivity contribution is -0.138. The number of amides is 2. The molecule has 1 saturated heterocycles. The number of carbonyl (C=O) groups excluding carboxylic acids is 2. The number of hydrogen-bond donors (Lipinski definition) is 2. The van der Waals surface area contributed by atoms with Gasteiger partial charge in [0.2, 0.25) is 5.91 Å². The normalized spacial score (nSPS) is 24.9. The highest BCUT2D eigenvalue weighted by Gasteiger charge is 2.50. The summed E-state index contributed by atoms with van der Waals surface area (Å²) in [5, 5.41) is 10.1. The van der Waals surface area contributed by atoms with E-state index in [1.807, 2.05) is 79.8 Å². The molecule has 44 heavy (non-hydrogen) atoms. The highest BCUT2D eigenvalue weighted by Crippen LogP contribution is 2.46. The number of carbonyl (C=O) groups is 2. The SMILES string of the molecule is C[C@H]1[C@H]([Si](C)(C)O)[C@@H](CC(=O)N2Cc3ccccc3C[C@H]2CO)O[C@H]1CCc1ccc(N2C(=O)COc3ccccc32)cc1. The molecule has 0 aromatic heterocycles. The Hall–Kier alpha value is -3.50. The zero-order valence-electron chi connectivity index (χ0n) is 25.7. The summed E-state index contributed by atoms with van der Waals surface area (Å²) in [5.74, 6) is 0.663. The summed E-state index contributed by atoms with van der Waals surface area (Å²) in [5.41, 5.74) is 4.89. The predicted molar refractivity (Wildman–Crippen MR) is 171 cm³/mol. The van der Waals surface area contributed by atoms with Gasteiger partial charge < -0.3 is 24.3 Å². The zero-order valence-corrected chi connectivity index (χ0v) is 26.7. The number of ether oxygens (including phenoxy) is 2. The lowest BCUT2D eigenvalue weighted by atomic mass is 9.93. The van der Waals surface area contributed by atoms with Crippen molar-refractivity contribution in [3.05, 3.63) is 89.5 Å². The molecule has 3 aromatic rings. The van der Waals surface area contributed by atoms with Gasteiger partial charge in [-0.1, -0.05) is 55.5 Å². The lowest BCUT2D eigenvalue weighted by Gasteiger charge is -2.37. The van der Waals surface area contributed by atoms with E-state index in [2.05, 4.69) is 13.0 Å². The van der Waals surface area contributed by atoms with E-state index in [4.69, 9.17) is 9.47 Å². The average molecular weight is 615 g/mol. The molecule has 2 amide bonds. The summed E-state index contributed by atoms with van der Waals surface area (Å²) < 4.78 is 12.2. The van der Waals surface area contributed by atoms with E-state index in [1.165, 1.54) is 5.56 Å². The second kappa shape index (κ2) is 12.5. The molecule has 0 radical (unpaired) electrons. The highest BCUT2D eigenvalue weighted by atomic mass is 28.4. The number of fused-ring (bicyclic) bond motifs is 2. The first-order chi connectivity index (χ1) is 21.1. The Balaban J connectivity index is 1.12. The van der Waals surface area contributed by atoms with Crippen LogP contribution in [0.5, 0.6) is 5.75 Å². The van der Waals surface area contributed by atoms with Crippen LogP contribution in [0.15, 0.2) is 72.8 Å². The van der Waals surface area contributed by atoms with Gasteiger partial charge in [-0.15, -0.1) is 0 Å². The summed E-state index contributed by atoms with van der Waals surface area (Å²) in [4.78, 5) is 41.2. The third kappa shape index (κ3) is 6.06. The van der Waals surface area contributed by atoms with Gasteiger partial charge in [-0.25, -0.2) is 0 Å². The molecule has 232 valence electrons. The van der Waals surface area contributed by atoms with Gasteiger partial charge in [0.1, 0.15) is 5.75 Å². The third-order valence-electron chi connectivity index (χ3n) is 9.60. The number of aliphatic hydroxyl groups excluding tert-OH is 1. The van der Waals surface area contributed by atoms with Crippen LogP contribution in [0.2, 0.25) is 18.6 Å². The standard InChI is InChI=1S/C35H42N2O6Si/c1-23-30(17-14-24-12-15-27(16-13-24)37-29-10-6-7-11-31(29)42-22-34(37)40)43-32(35(23)44(2,3)41)19-33(39)36-20-26-9-5-4-8-25(26)18-28(36)21-38/h4-13,15-16,23,28,30,32,35,38,41H,14,17-22H2,1-3H3/t23-,28+,30+,32-,35+/m1/s1. The van der Waals surface area contributed by atoms with E-state index in [0.717, 1.165) is 35.3 Å². The molecule has 0 unspecified atom stereocenters. The van der Waals surface area contributed by atoms with Gasteiger partial charge in [-0.2, -0.15) is 0 Å². The van der Waals surface area contributed by atoms with Crippen LogP contribution in [0.25, 0.3) is 0 Å². The van der Waals surface area contributed by atoms with E-state index in [0.29, 0.717) is 18.7 Å². The third-order valence-corrected chi connectivity index (χ3v) is 12.1. The van der Waals surface area contributed by atoms with Gasteiger partial charge in [0, 0.05) is 17.8 Å². The minimum absolute atomic E-state index is 0.0107. The van der Waals surface area contributed by atoms with Gasteiger partial charge in [0.15, 0.2) is 14.9 Å². The van der Waals surface area contributed by atoms with Gasteiger partial charge in [0.25, 0.3) is 5.91 Å². The number of rotatable bonds is 8. The fourth-order valence-electron chi connectivity index (χ4n) is 7.45. The number of nitrogens with zero attached hydrogens (tertiary/aromatic N) is 2. The molecule has 9 heteroatoms. The van der Waals surface area contributed by atoms with Crippen molar-refractivity contribution in [2.45, 2.75) is 76.0 Å². The summed E-state index contributed by atoms with van der Waals surface area (Å²) in [6, 6.07) is 23.4. The molecule has 1 fully saturated rings. The molecule has 5 atom stereocenters. The van der Waals surface area contributed by atoms with Crippen molar-refractivity contribution in [1.29, 1.82) is 0 Å². The molecular weight excluding hydrogens is 572 g/mol. The second-order valence-electron chi connectivity index (χ2n) is 13.0. The van der Waals surface area contributed by atoms with E-state index in [9.17, 15) is 19.5 Å². The number of aryl methyl sites for hydroxylation is 1. The molecule has 0 saturated carbocycles. The minimum Gasteiger partial charge on any atom is -0.482 e. The summed E-state index contributed by atoms with van der Waals surface area (Å²) >= 11 is 0. The van der Waals surface area contributed by atoms with Crippen LogP contribution in [0.4, 0.5) is 11.4 Å². The highest BCUT2D eigenvalue weighted by molar-refractivity contribution is 6.71. The van der Waals surface area contributed by atoms with Crippen molar-refractivity contribution in [2.75, 3.05) is 18.1 Å². The predicted octanol–water partition coefficient (Wildman–Crippen LogP) is 4.98. The molecule has 0 bridgehead atoms. The number of benzene rings is 3.